The van der Waals surface area contributed by atoms with Crippen LogP contribution in [0.25, 0.3) is 10.9 Å². The summed E-state index contributed by atoms with van der Waals surface area (Å²) in [6, 6.07) is 12.2. The molecule has 1 N–H and O–H groups in total. The van der Waals surface area contributed by atoms with E-state index in [1.54, 1.807) is 35.8 Å². The summed E-state index contributed by atoms with van der Waals surface area (Å²) in [5.41, 5.74) is 6.57. The summed E-state index contributed by atoms with van der Waals surface area (Å²) in [6.45, 7) is 11.0. The fourth-order valence-electron chi connectivity index (χ4n) is 4.87. The number of halogens is 1. The number of unbranched alkanes of at least 4 members (excludes halogenated alkanes) is 1. The van der Waals surface area contributed by atoms with E-state index in [0.717, 1.165) is 38.5 Å². The van der Waals surface area contributed by atoms with E-state index in [1.807, 2.05) is 18.2 Å². The zero-order chi connectivity index (χ0) is 29.9. The number of rotatable bonds is 14. The maximum atomic E-state index is 13.4. The van der Waals surface area contributed by atoms with Crippen molar-refractivity contribution in [1.82, 2.24) is 4.57 Å². The Hall–Kier alpha value is -3.57. The quantitative estimate of drug-likeness (QED) is 0.153. The summed E-state index contributed by atoms with van der Waals surface area (Å²) in [7, 11) is 0. The molecular formula is C35H42ClNO4. The molecule has 0 bridgehead atoms. The van der Waals surface area contributed by atoms with E-state index in [-0.39, 0.29) is 12.3 Å². The number of benzene rings is 2. The number of ether oxygens (including phenoxy) is 1. The van der Waals surface area contributed by atoms with Crippen molar-refractivity contribution in [1.29, 1.82) is 0 Å². The Morgan fingerprint density at radius 2 is 1.54 bits per heavy atom. The third-order valence-electron chi connectivity index (χ3n) is 7.16. The average Bonchev–Trinajstić information content (AvgIpc) is 3.18. The molecule has 0 aliphatic heterocycles. The number of hydrogen-bond acceptors (Lipinski definition) is 3. The maximum Gasteiger partial charge on any atom is 0.307 e. The van der Waals surface area contributed by atoms with Gasteiger partial charge in [-0.15, -0.1) is 0 Å². The maximum absolute atomic E-state index is 13.4. The van der Waals surface area contributed by atoms with Crippen LogP contribution in [0.4, 0.5) is 0 Å². The number of carbonyl (C=O) groups is 2. The Kier molecular flexibility index (Phi) is 12.0. The molecule has 0 aliphatic carbocycles. The van der Waals surface area contributed by atoms with Crippen molar-refractivity contribution in [2.24, 2.45) is 0 Å². The first-order valence-corrected chi connectivity index (χ1v) is 14.7. The molecule has 0 amide bonds. The molecule has 0 saturated heterocycles. The largest absolute Gasteiger partial charge is 0.494 e. The number of fused-ring (bicyclic) bond motifs is 1. The monoisotopic (exact) mass is 575 g/mol. The summed E-state index contributed by atoms with van der Waals surface area (Å²) >= 11 is 5.99. The number of carboxylic acid groups (broad SMARTS) is 1. The predicted molar refractivity (Wildman–Crippen MR) is 169 cm³/mol. The molecule has 1 heterocycles. The van der Waals surface area contributed by atoms with Crippen molar-refractivity contribution in [2.45, 2.75) is 79.6 Å². The standard InChI is InChI=1S/C35H42ClNO4/c1-24(2)10-8-12-26(4)14-9-13-25(3)11-6-7-21-41-30-19-20-33-32(22-30)31(23-34(38)39)27(5)37(33)35(40)28-15-17-29(36)18-16-28/h10-11,14-20,22H,6-9,12-13,21,23H2,1-5H3,(H,38,39)/b25-11+,26-14+. The highest BCUT2D eigenvalue weighted by molar-refractivity contribution is 6.30. The van der Waals surface area contributed by atoms with E-state index in [9.17, 15) is 14.7 Å². The number of carbonyl (C=O) groups excluding carboxylic acids is 1. The summed E-state index contributed by atoms with van der Waals surface area (Å²) in [4.78, 5) is 25.0. The van der Waals surface area contributed by atoms with Crippen LogP contribution in [0, 0.1) is 6.92 Å². The molecule has 41 heavy (non-hydrogen) atoms. The molecule has 5 nitrogen and oxygen atoms in total. The minimum absolute atomic E-state index is 0.180. The van der Waals surface area contributed by atoms with Gasteiger partial charge in [0, 0.05) is 21.7 Å². The minimum atomic E-state index is -0.950. The van der Waals surface area contributed by atoms with Gasteiger partial charge in [0.2, 0.25) is 0 Å². The van der Waals surface area contributed by atoms with Crippen LogP contribution < -0.4 is 4.74 Å². The van der Waals surface area contributed by atoms with Gasteiger partial charge in [0.1, 0.15) is 5.75 Å². The second kappa shape index (κ2) is 15.4. The highest BCUT2D eigenvalue weighted by atomic mass is 35.5. The van der Waals surface area contributed by atoms with Crippen molar-refractivity contribution in [3.8, 4) is 5.75 Å². The molecule has 218 valence electrons. The van der Waals surface area contributed by atoms with E-state index in [4.69, 9.17) is 16.3 Å². The van der Waals surface area contributed by atoms with E-state index in [1.165, 1.54) is 16.7 Å². The van der Waals surface area contributed by atoms with Gasteiger partial charge in [-0.25, -0.2) is 0 Å². The normalized spacial score (nSPS) is 12.0. The molecule has 6 heteroatoms. The molecule has 3 rings (SSSR count). The first kappa shape index (κ1) is 32.0. The molecule has 0 radical (unpaired) electrons. The number of nitrogens with zero attached hydrogens (tertiary/aromatic N) is 1. The third kappa shape index (κ3) is 9.50. The third-order valence-corrected chi connectivity index (χ3v) is 7.41. The van der Waals surface area contributed by atoms with E-state index in [2.05, 4.69) is 45.9 Å². The van der Waals surface area contributed by atoms with Crippen molar-refractivity contribution in [2.75, 3.05) is 6.61 Å². The summed E-state index contributed by atoms with van der Waals surface area (Å²) in [5, 5.41) is 10.8. The van der Waals surface area contributed by atoms with Gasteiger partial charge < -0.3 is 9.84 Å². The van der Waals surface area contributed by atoms with Crippen LogP contribution >= 0.6 is 11.6 Å². The lowest BCUT2D eigenvalue weighted by Crippen LogP contribution is -2.14. The van der Waals surface area contributed by atoms with Gasteiger partial charge in [0.15, 0.2) is 0 Å². The Bertz CT molecular complexity index is 1450. The lowest BCUT2D eigenvalue weighted by Gasteiger charge is -2.09. The molecular weight excluding hydrogens is 534 g/mol. The predicted octanol–water partition coefficient (Wildman–Crippen LogP) is 9.50. The van der Waals surface area contributed by atoms with E-state index >= 15 is 0 Å². The number of aliphatic carboxylic acids is 1. The van der Waals surface area contributed by atoms with Crippen LogP contribution in [0.1, 0.15) is 87.8 Å². The highest BCUT2D eigenvalue weighted by Crippen LogP contribution is 2.31. The lowest BCUT2D eigenvalue weighted by atomic mass is 10.1. The zero-order valence-electron chi connectivity index (χ0n) is 24.9. The first-order chi connectivity index (χ1) is 19.6. The van der Waals surface area contributed by atoms with Gasteiger partial charge >= 0.3 is 5.97 Å². The number of aromatic nitrogens is 1. The van der Waals surface area contributed by atoms with Gasteiger partial charge in [-0.1, -0.05) is 46.5 Å². The molecule has 0 spiro atoms. The second-order valence-corrected chi connectivity index (χ2v) is 11.3. The van der Waals surface area contributed by atoms with Crippen LogP contribution in [0.15, 0.2) is 77.4 Å². The van der Waals surface area contributed by atoms with Crippen LogP contribution in [-0.2, 0) is 11.2 Å². The molecule has 0 atom stereocenters. The smallest absolute Gasteiger partial charge is 0.307 e. The minimum Gasteiger partial charge on any atom is -0.494 e. The van der Waals surface area contributed by atoms with Crippen molar-refractivity contribution in [3.05, 3.63) is 99.3 Å². The average molecular weight is 576 g/mol. The van der Waals surface area contributed by atoms with Crippen molar-refractivity contribution in [3.63, 3.8) is 0 Å². The molecule has 3 aromatic rings. The van der Waals surface area contributed by atoms with Gasteiger partial charge in [0.25, 0.3) is 5.91 Å². The number of allylic oxidation sites excluding steroid dienone is 6. The molecule has 1 aromatic heterocycles. The van der Waals surface area contributed by atoms with Crippen molar-refractivity contribution < 1.29 is 19.4 Å². The Morgan fingerprint density at radius 3 is 2.17 bits per heavy atom. The SMILES string of the molecule is CC(C)=CCC/C(C)=C/CC/C(C)=C/CCCOc1ccc2c(c1)c(CC(=O)O)c(C)n2C(=O)c1ccc(Cl)cc1. The summed E-state index contributed by atoms with van der Waals surface area (Å²) < 4.78 is 7.61. The highest BCUT2D eigenvalue weighted by Gasteiger charge is 2.22. The van der Waals surface area contributed by atoms with E-state index in [0.29, 0.717) is 45.1 Å². The van der Waals surface area contributed by atoms with Gasteiger partial charge in [-0.05, 0) is 121 Å². The second-order valence-electron chi connectivity index (χ2n) is 10.9. The lowest BCUT2D eigenvalue weighted by molar-refractivity contribution is -0.136. The van der Waals surface area contributed by atoms with E-state index < -0.39 is 5.97 Å². The number of hydrogen-bond donors (Lipinski definition) is 1. The van der Waals surface area contributed by atoms with Crippen LogP contribution in [0.3, 0.4) is 0 Å². The Morgan fingerprint density at radius 1 is 0.902 bits per heavy atom. The Labute approximate surface area is 249 Å². The fourth-order valence-corrected chi connectivity index (χ4v) is 5.00. The van der Waals surface area contributed by atoms with Crippen LogP contribution in [0.5, 0.6) is 5.75 Å². The first-order valence-electron chi connectivity index (χ1n) is 14.3. The van der Waals surface area contributed by atoms with Gasteiger partial charge in [-0.3, -0.25) is 14.2 Å². The molecule has 0 fully saturated rings. The number of carboxylic acids is 1. The molecule has 0 aliphatic rings. The Balaban J connectivity index is 1.61. The molecule has 0 unspecified atom stereocenters. The summed E-state index contributed by atoms with van der Waals surface area (Å²) in [5.74, 6) is -0.519. The van der Waals surface area contributed by atoms with Gasteiger partial charge in [-0.2, -0.15) is 0 Å². The summed E-state index contributed by atoms with van der Waals surface area (Å²) in [6.07, 6.45) is 12.9. The van der Waals surface area contributed by atoms with Crippen molar-refractivity contribution >= 4 is 34.4 Å². The zero-order valence-corrected chi connectivity index (χ0v) is 25.7. The molecule has 2 aromatic carbocycles. The van der Waals surface area contributed by atoms with Crippen LogP contribution in [-0.4, -0.2) is 28.2 Å². The van der Waals surface area contributed by atoms with Crippen LogP contribution in [0.2, 0.25) is 5.02 Å². The topological polar surface area (TPSA) is 68.5 Å². The molecule has 0 saturated carbocycles. The van der Waals surface area contributed by atoms with Gasteiger partial charge in [0.05, 0.1) is 18.5 Å². The fraction of sp³-hybridized carbons (Fsp3) is 0.371.